The van der Waals surface area contributed by atoms with Gasteiger partial charge in [-0.1, -0.05) is 18.2 Å². The van der Waals surface area contributed by atoms with Crippen LogP contribution in [0.2, 0.25) is 0 Å². The second-order valence-electron chi connectivity index (χ2n) is 5.17. The van der Waals surface area contributed by atoms with Gasteiger partial charge in [-0.3, -0.25) is 4.79 Å². The molecule has 0 N–H and O–H groups in total. The number of aryl methyl sites for hydroxylation is 1. The van der Waals surface area contributed by atoms with Crippen LogP contribution in [0.25, 0.3) is 0 Å². The summed E-state index contributed by atoms with van der Waals surface area (Å²) in [5, 5.41) is 0. The van der Waals surface area contributed by atoms with Crippen LogP contribution in [-0.4, -0.2) is 23.9 Å². The van der Waals surface area contributed by atoms with Crippen molar-refractivity contribution in [2.75, 3.05) is 7.05 Å². The second kappa shape index (κ2) is 5.51. The van der Waals surface area contributed by atoms with Gasteiger partial charge >= 0.3 is 0 Å². The average Bonchev–Trinajstić information content (AvgIpc) is 3.20. The number of carbonyl (C=O) groups is 1. The number of nitrogens with zero attached hydrogens (tertiary/aromatic N) is 1. The van der Waals surface area contributed by atoms with Crippen molar-refractivity contribution in [3.05, 3.63) is 35.6 Å². The largest absolute Gasteiger partial charge is 0.343 e. The van der Waals surface area contributed by atoms with E-state index in [1.807, 2.05) is 11.9 Å². The van der Waals surface area contributed by atoms with Gasteiger partial charge in [0.15, 0.2) is 0 Å². The Morgan fingerprint density at radius 2 is 2.11 bits per heavy atom. The van der Waals surface area contributed by atoms with Gasteiger partial charge < -0.3 is 4.90 Å². The van der Waals surface area contributed by atoms with Crippen molar-refractivity contribution < 1.29 is 9.18 Å². The Morgan fingerprint density at radius 3 is 2.72 bits per heavy atom. The number of rotatable bonds is 5. The third-order valence-electron chi connectivity index (χ3n) is 3.87. The molecule has 0 spiro atoms. The molecule has 0 unspecified atom stereocenters. The van der Waals surface area contributed by atoms with Crippen molar-refractivity contribution in [3.63, 3.8) is 0 Å². The lowest BCUT2D eigenvalue weighted by Crippen LogP contribution is -2.36. The molecule has 0 aliphatic heterocycles. The normalized spacial score (nSPS) is 16.4. The van der Waals surface area contributed by atoms with Gasteiger partial charge in [0.1, 0.15) is 5.82 Å². The van der Waals surface area contributed by atoms with Crippen LogP contribution in [-0.2, 0) is 11.2 Å². The molecule has 98 valence electrons. The van der Waals surface area contributed by atoms with Crippen molar-refractivity contribution >= 4 is 5.91 Å². The first kappa shape index (κ1) is 13.1. The van der Waals surface area contributed by atoms with E-state index in [1.165, 1.54) is 18.9 Å². The highest BCUT2D eigenvalue weighted by Gasteiger charge is 2.32. The third-order valence-corrected chi connectivity index (χ3v) is 3.87. The number of amides is 1. The van der Waals surface area contributed by atoms with Crippen LogP contribution in [0.3, 0.4) is 0 Å². The first-order chi connectivity index (χ1) is 8.59. The number of hydrogen-bond donors (Lipinski definition) is 0. The Hall–Kier alpha value is -1.38. The number of hydrogen-bond acceptors (Lipinski definition) is 1. The smallest absolute Gasteiger partial charge is 0.222 e. The van der Waals surface area contributed by atoms with Crippen molar-refractivity contribution in [2.24, 2.45) is 5.92 Å². The molecule has 2 nitrogen and oxygen atoms in total. The summed E-state index contributed by atoms with van der Waals surface area (Å²) in [4.78, 5) is 13.8. The molecule has 18 heavy (non-hydrogen) atoms. The van der Waals surface area contributed by atoms with Crippen LogP contribution in [0.1, 0.15) is 31.7 Å². The molecule has 2 rings (SSSR count). The summed E-state index contributed by atoms with van der Waals surface area (Å²) in [5.74, 6) is 0.563. The molecule has 0 heterocycles. The molecule has 1 amide bonds. The molecule has 0 radical (unpaired) electrons. The maximum atomic E-state index is 13.4. The predicted molar refractivity (Wildman–Crippen MR) is 69.7 cm³/mol. The third kappa shape index (κ3) is 3.09. The Labute approximate surface area is 108 Å². The molecule has 1 aliphatic carbocycles. The molecule has 1 aliphatic rings. The molecular formula is C15H20FNO. The number of halogens is 1. The minimum atomic E-state index is -0.219. The van der Waals surface area contributed by atoms with E-state index in [0.717, 1.165) is 0 Å². The van der Waals surface area contributed by atoms with Crippen molar-refractivity contribution in [1.29, 1.82) is 0 Å². The van der Waals surface area contributed by atoms with Crippen molar-refractivity contribution in [1.82, 2.24) is 4.90 Å². The lowest BCUT2D eigenvalue weighted by Gasteiger charge is -2.25. The highest BCUT2D eigenvalue weighted by molar-refractivity contribution is 5.76. The molecule has 1 atom stereocenters. The summed E-state index contributed by atoms with van der Waals surface area (Å²) in [6.07, 6.45) is 3.32. The minimum Gasteiger partial charge on any atom is -0.343 e. The molecule has 0 saturated heterocycles. The van der Waals surface area contributed by atoms with Gasteiger partial charge in [0.25, 0.3) is 0 Å². The Bertz CT molecular complexity index is 428. The van der Waals surface area contributed by atoms with E-state index in [2.05, 4.69) is 6.92 Å². The predicted octanol–water partition coefficient (Wildman–Crippen LogP) is 3.02. The standard InChI is InChI=1S/C15H20FNO/c1-11(12-7-8-12)17(2)15(18)10-9-13-5-3-4-6-14(13)16/h3-6,11-12H,7-10H2,1-2H3/t11-/m0/s1. The average molecular weight is 249 g/mol. The van der Waals surface area contributed by atoms with Gasteiger partial charge in [0, 0.05) is 19.5 Å². The Morgan fingerprint density at radius 1 is 1.44 bits per heavy atom. The molecule has 1 aromatic rings. The van der Waals surface area contributed by atoms with E-state index in [0.29, 0.717) is 30.4 Å². The summed E-state index contributed by atoms with van der Waals surface area (Å²) in [5.41, 5.74) is 0.623. The number of benzene rings is 1. The van der Waals surface area contributed by atoms with E-state index < -0.39 is 0 Å². The lowest BCUT2D eigenvalue weighted by atomic mass is 10.1. The van der Waals surface area contributed by atoms with E-state index >= 15 is 0 Å². The first-order valence-electron chi connectivity index (χ1n) is 6.58. The zero-order valence-corrected chi connectivity index (χ0v) is 11.0. The highest BCUT2D eigenvalue weighted by Crippen LogP contribution is 2.34. The minimum absolute atomic E-state index is 0.109. The van der Waals surface area contributed by atoms with E-state index in [-0.39, 0.29) is 11.7 Å². The van der Waals surface area contributed by atoms with Gasteiger partial charge in [0.05, 0.1) is 0 Å². The summed E-state index contributed by atoms with van der Waals surface area (Å²) >= 11 is 0. The van der Waals surface area contributed by atoms with Gasteiger partial charge in [-0.2, -0.15) is 0 Å². The van der Waals surface area contributed by atoms with Crippen LogP contribution >= 0.6 is 0 Å². The molecule has 1 aromatic carbocycles. The maximum Gasteiger partial charge on any atom is 0.222 e. The number of carbonyl (C=O) groups excluding carboxylic acids is 1. The maximum absolute atomic E-state index is 13.4. The summed E-state index contributed by atoms with van der Waals surface area (Å²) < 4.78 is 13.4. The summed E-state index contributed by atoms with van der Waals surface area (Å²) in [6, 6.07) is 6.98. The van der Waals surface area contributed by atoms with Crippen molar-refractivity contribution in [2.45, 2.75) is 38.6 Å². The second-order valence-corrected chi connectivity index (χ2v) is 5.17. The molecule has 1 fully saturated rings. The van der Waals surface area contributed by atoms with E-state index in [4.69, 9.17) is 0 Å². The van der Waals surface area contributed by atoms with Crippen LogP contribution in [0.5, 0.6) is 0 Å². The SMILES string of the molecule is C[C@@H](C1CC1)N(C)C(=O)CCc1ccccc1F. The van der Waals surface area contributed by atoms with E-state index in [9.17, 15) is 9.18 Å². The fourth-order valence-electron chi connectivity index (χ4n) is 2.24. The molecule has 1 saturated carbocycles. The van der Waals surface area contributed by atoms with Gasteiger partial charge in [0.2, 0.25) is 5.91 Å². The summed E-state index contributed by atoms with van der Waals surface area (Å²) in [7, 11) is 1.85. The molecule has 0 aromatic heterocycles. The first-order valence-corrected chi connectivity index (χ1v) is 6.58. The van der Waals surface area contributed by atoms with Gasteiger partial charge in [-0.05, 0) is 43.7 Å². The monoisotopic (exact) mass is 249 g/mol. The molecular weight excluding hydrogens is 229 g/mol. The molecule has 0 bridgehead atoms. The zero-order valence-electron chi connectivity index (χ0n) is 11.0. The van der Waals surface area contributed by atoms with Gasteiger partial charge in [-0.15, -0.1) is 0 Å². The van der Waals surface area contributed by atoms with Crippen LogP contribution in [0.4, 0.5) is 4.39 Å². The lowest BCUT2D eigenvalue weighted by molar-refractivity contribution is -0.132. The fourth-order valence-corrected chi connectivity index (χ4v) is 2.24. The molecule has 3 heteroatoms. The van der Waals surface area contributed by atoms with Crippen molar-refractivity contribution in [3.8, 4) is 0 Å². The van der Waals surface area contributed by atoms with Crippen LogP contribution in [0.15, 0.2) is 24.3 Å². The summed E-state index contributed by atoms with van der Waals surface area (Å²) in [6.45, 7) is 2.10. The Balaban J connectivity index is 1.86. The van der Waals surface area contributed by atoms with Crippen LogP contribution in [0, 0.1) is 11.7 Å². The van der Waals surface area contributed by atoms with Gasteiger partial charge in [-0.25, -0.2) is 4.39 Å². The quantitative estimate of drug-likeness (QED) is 0.785. The van der Waals surface area contributed by atoms with E-state index in [1.54, 1.807) is 18.2 Å². The zero-order chi connectivity index (χ0) is 13.1. The topological polar surface area (TPSA) is 20.3 Å². The highest BCUT2D eigenvalue weighted by atomic mass is 19.1. The Kier molecular flexibility index (Phi) is 4.00. The van der Waals surface area contributed by atoms with Crippen LogP contribution < -0.4 is 0 Å². The fraction of sp³-hybridized carbons (Fsp3) is 0.533.